The number of aromatic amines is 1. The second kappa shape index (κ2) is 7.65. The number of benzene rings is 1. The molecule has 2 rings (SSSR count). The Kier molecular flexibility index (Phi) is 5.86. The third-order valence-corrected chi connectivity index (χ3v) is 3.81. The van der Waals surface area contributed by atoms with E-state index >= 15 is 0 Å². The van der Waals surface area contributed by atoms with Crippen molar-refractivity contribution in [2.45, 2.75) is 39.5 Å². The molecule has 0 atom stereocenters. The minimum Gasteiger partial charge on any atom is -0.326 e. The highest BCUT2D eigenvalue weighted by atomic mass is 35.5. The summed E-state index contributed by atoms with van der Waals surface area (Å²) < 4.78 is 0. The molecular formula is C16H19Cl2N3O. The fraction of sp³-hybridized carbons (Fsp3) is 0.375. The van der Waals surface area contributed by atoms with Gasteiger partial charge in [-0.25, -0.2) is 4.98 Å². The van der Waals surface area contributed by atoms with Crippen LogP contribution in [0.3, 0.4) is 0 Å². The molecular weight excluding hydrogens is 321 g/mol. The first kappa shape index (κ1) is 16.8. The minimum atomic E-state index is -0.0979. The lowest BCUT2D eigenvalue weighted by Gasteiger charge is -2.09. The summed E-state index contributed by atoms with van der Waals surface area (Å²) in [5, 5.41) is 4.06. The number of hydrogen-bond donors (Lipinski definition) is 2. The lowest BCUT2D eigenvalue weighted by molar-refractivity contribution is 0.707. The van der Waals surface area contributed by atoms with Crippen LogP contribution in [0.25, 0.3) is 0 Å². The number of aryl methyl sites for hydroxylation is 1. The highest BCUT2D eigenvalue weighted by Gasteiger charge is 2.08. The van der Waals surface area contributed by atoms with Crippen molar-refractivity contribution >= 4 is 34.8 Å². The largest absolute Gasteiger partial charge is 0.326 e. The molecule has 0 aliphatic rings. The molecule has 0 radical (unpaired) electrons. The Hall–Kier alpha value is -1.52. The lowest BCUT2D eigenvalue weighted by atomic mass is 10.1. The summed E-state index contributed by atoms with van der Waals surface area (Å²) in [5.41, 5.74) is 2.08. The number of hydrogen-bond acceptors (Lipinski definition) is 3. The van der Waals surface area contributed by atoms with Gasteiger partial charge in [0.15, 0.2) is 0 Å². The van der Waals surface area contributed by atoms with E-state index in [0.29, 0.717) is 21.7 Å². The summed E-state index contributed by atoms with van der Waals surface area (Å²) in [7, 11) is 0. The van der Waals surface area contributed by atoms with Crippen molar-refractivity contribution in [2.75, 3.05) is 5.32 Å². The zero-order chi connectivity index (χ0) is 16.1. The zero-order valence-electron chi connectivity index (χ0n) is 12.7. The molecule has 22 heavy (non-hydrogen) atoms. The number of nitrogens with one attached hydrogen (secondary N) is 2. The van der Waals surface area contributed by atoms with Gasteiger partial charge in [0.2, 0.25) is 5.95 Å². The fourth-order valence-electron chi connectivity index (χ4n) is 2.28. The predicted octanol–water partition coefficient (Wildman–Crippen LogP) is 4.86. The summed E-state index contributed by atoms with van der Waals surface area (Å²) in [6, 6.07) is 5.09. The predicted molar refractivity (Wildman–Crippen MR) is 92.6 cm³/mol. The molecule has 0 saturated carbocycles. The highest BCUT2D eigenvalue weighted by molar-refractivity contribution is 6.35. The number of anilines is 2. The smallest absolute Gasteiger partial charge is 0.255 e. The second-order valence-corrected chi connectivity index (χ2v) is 6.09. The summed E-state index contributed by atoms with van der Waals surface area (Å²) >= 11 is 11.9. The van der Waals surface area contributed by atoms with E-state index in [4.69, 9.17) is 23.2 Å². The standard InChI is InChI=1S/C16H19Cl2N3O/c1-3-4-5-6-14-10(2)19-16(21-15(14)22)20-13-8-11(17)7-12(18)9-13/h7-9H,3-6H2,1-2H3,(H2,19,20,21,22). The normalized spacial score (nSPS) is 10.7. The van der Waals surface area contributed by atoms with Crippen LogP contribution in [0, 0.1) is 6.92 Å². The van der Waals surface area contributed by atoms with Gasteiger partial charge in [-0.05, 0) is 38.0 Å². The Morgan fingerprint density at radius 2 is 1.86 bits per heavy atom. The van der Waals surface area contributed by atoms with Crippen molar-refractivity contribution in [3.05, 3.63) is 49.9 Å². The molecule has 2 N–H and O–H groups in total. The van der Waals surface area contributed by atoms with Gasteiger partial charge in [-0.3, -0.25) is 9.78 Å². The van der Waals surface area contributed by atoms with Gasteiger partial charge in [0.05, 0.1) is 0 Å². The summed E-state index contributed by atoms with van der Waals surface area (Å²) in [5.74, 6) is 0.389. The summed E-state index contributed by atoms with van der Waals surface area (Å²) in [4.78, 5) is 19.4. The van der Waals surface area contributed by atoms with Crippen LogP contribution in [0.2, 0.25) is 10.0 Å². The van der Waals surface area contributed by atoms with Gasteiger partial charge in [0.25, 0.3) is 5.56 Å². The van der Waals surface area contributed by atoms with Crippen molar-refractivity contribution in [2.24, 2.45) is 0 Å². The molecule has 6 heteroatoms. The van der Waals surface area contributed by atoms with Crippen molar-refractivity contribution in [3.8, 4) is 0 Å². The van der Waals surface area contributed by atoms with E-state index in [1.54, 1.807) is 18.2 Å². The van der Waals surface area contributed by atoms with Crippen molar-refractivity contribution < 1.29 is 0 Å². The average molecular weight is 340 g/mol. The Morgan fingerprint density at radius 3 is 2.45 bits per heavy atom. The SMILES string of the molecule is CCCCCc1c(C)nc(Nc2cc(Cl)cc(Cl)c2)[nH]c1=O. The number of nitrogens with zero attached hydrogens (tertiary/aromatic N) is 1. The van der Waals surface area contributed by atoms with Gasteiger partial charge in [-0.2, -0.15) is 0 Å². The molecule has 1 aromatic carbocycles. The van der Waals surface area contributed by atoms with Gasteiger partial charge in [0, 0.05) is 27.0 Å². The zero-order valence-corrected chi connectivity index (χ0v) is 14.2. The molecule has 0 bridgehead atoms. The van der Waals surface area contributed by atoms with Gasteiger partial charge in [-0.1, -0.05) is 43.0 Å². The van der Waals surface area contributed by atoms with Crippen molar-refractivity contribution in [3.63, 3.8) is 0 Å². The quantitative estimate of drug-likeness (QED) is 0.738. The van der Waals surface area contributed by atoms with Gasteiger partial charge < -0.3 is 5.32 Å². The average Bonchev–Trinajstić information content (AvgIpc) is 2.40. The summed E-state index contributed by atoms with van der Waals surface area (Å²) in [6.07, 6.45) is 3.99. The Balaban J connectivity index is 2.21. The monoisotopic (exact) mass is 339 g/mol. The molecule has 0 unspecified atom stereocenters. The molecule has 0 aliphatic carbocycles. The van der Waals surface area contributed by atoms with Crippen LogP contribution < -0.4 is 10.9 Å². The number of halogens is 2. The first-order valence-corrected chi connectivity index (χ1v) is 8.08. The van der Waals surface area contributed by atoms with Gasteiger partial charge in [-0.15, -0.1) is 0 Å². The Labute approximate surface area is 139 Å². The van der Waals surface area contributed by atoms with Crippen molar-refractivity contribution in [1.82, 2.24) is 9.97 Å². The molecule has 0 spiro atoms. The molecule has 2 aromatic rings. The molecule has 4 nitrogen and oxygen atoms in total. The first-order valence-electron chi connectivity index (χ1n) is 7.32. The third kappa shape index (κ3) is 4.49. The Morgan fingerprint density at radius 1 is 1.18 bits per heavy atom. The van der Waals surface area contributed by atoms with E-state index in [0.717, 1.165) is 36.9 Å². The molecule has 0 fully saturated rings. The molecule has 0 saturated heterocycles. The molecule has 1 heterocycles. The van der Waals surface area contributed by atoms with Crippen LogP contribution >= 0.6 is 23.2 Å². The van der Waals surface area contributed by atoms with Crippen LogP contribution in [-0.4, -0.2) is 9.97 Å². The van der Waals surface area contributed by atoms with E-state index in [-0.39, 0.29) is 5.56 Å². The van der Waals surface area contributed by atoms with Crippen LogP contribution in [0.15, 0.2) is 23.0 Å². The van der Waals surface area contributed by atoms with Crippen LogP contribution in [0.4, 0.5) is 11.6 Å². The summed E-state index contributed by atoms with van der Waals surface area (Å²) in [6.45, 7) is 3.99. The molecule has 0 amide bonds. The second-order valence-electron chi connectivity index (χ2n) is 5.22. The molecule has 1 aromatic heterocycles. The maximum atomic E-state index is 12.2. The number of H-pyrrole nitrogens is 1. The molecule has 118 valence electrons. The van der Waals surface area contributed by atoms with E-state index in [1.165, 1.54) is 0 Å². The maximum Gasteiger partial charge on any atom is 0.255 e. The van der Waals surface area contributed by atoms with Gasteiger partial charge in [0.1, 0.15) is 0 Å². The van der Waals surface area contributed by atoms with E-state index < -0.39 is 0 Å². The number of unbranched alkanes of at least 4 members (excludes halogenated alkanes) is 2. The minimum absolute atomic E-state index is 0.0979. The highest BCUT2D eigenvalue weighted by Crippen LogP contribution is 2.24. The van der Waals surface area contributed by atoms with E-state index in [9.17, 15) is 4.79 Å². The van der Waals surface area contributed by atoms with E-state index in [1.807, 2.05) is 6.92 Å². The topological polar surface area (TPSA) is 57.8 Å². The van der Waals surface area contributed by atoms with Crippen molar-refractivity contribution in [1.29, 1.82) is 0 Å². The molecule has 0 aliphatic heterocycles. The number of rotatable bonds is 6. The van der Waals surface area contributed by atoms with E-state index in [2.05, 4.69) is 22.2 Å². The fourth-order valence-corrected chi connectivity index (χ4v) is 2.80. The van der Waals surface area contributed by atoms with Crippen LogP contribution in [0.5, 0.6) is 0 Å². The lowest BCUT2D eigenvalue weighted by Crippen LogP contribution is -2.18. The van der Waals surface area contributed by atoms with Crippen LogP contribution in [-0.2, 0) is 6.42 Å². The van der Waals surface area contributed by atoms with Crippen LogP contribution in [0.1, 0.15) is 37.4 Å². The third-order valence-electron chi connectivity index (χ3n) is 3.38. The maximum absolute atomic E-state index is 12.2. The Bertz CT molecular complexity index is 693. The first-order chi connectivity index (χ1) is 10.5. The van der Waals surface area contributed by atoms with Gasteiger partial charge >= 0.3 is 0 Å². The number of aromatic nitrogens is 2.